The van der Waals surface area contributed by atoms with Gasteiger partial charge in [-0.1, -0.05) is 12.5 Å². The Morgan fingerprint density at radius 3 is 2.95 bits per heavy atom. The van der Waals surface area contributed by atoms with E-state index in [-0.39, 0.29) is 18.7 Å². The number of likely N-dealkylation sites (tertiary alicyclic amines) is 1. The Morgan fingerprint density at radius 1 is 1.47 bits per heavy atom. The summed E-state index contributed by atoms with van der Waals surface area (Å²) in [5.74, 6) is 0. The molecule has 0 aliphatic carbocycles. The van der Waals surface area contributed by atoms with Gasteiger partial charge in [-0.25, -0.2) is 0 Å². The molecular formula is C15H25N3O. The third-order valence-corrected chi connectivity index (χ3v) is 3.98. The van der Waals surface area contributed by atoms with E-state index in [2.05, 4.69) is 16.0 Å². The lowest BCUT2D eigenvalue weighted by molar-refractivity contribution is 0.0633. The summed E-state index contributed by atoms with van der Waals surface area (Å²) in [5.41, 5.74) is 7.26. The summed E-state index contributed by atoms with van der Waals surface area (Å²) < 4.78 is 0. The minimum absolute atomic E-state index is 0.0363. The van der Waals surface area contributed by atoms with Crippen molar-refractivity contribution in [2.24, 2.45) is 5.73 Å². The third kappa shape index (κ3) is 3.53. The van der Waals surface area contributed by atoms with Crippen LogP contribution in [0.3, 0.4) is 0 Å². The van der Waals surface area contributed by atoms with E-state index in [1.165, 1.54) is 12.8 Å². The number of pyridine rings is 1. The van der Waals surface area contributed by atoms with Crippen LogP contribution in [0.15, 0.2) is 24.4 Å². The van der Waals surface area contributed by atoms with Crippen LogP contribution in [0.2, 0.25) is 0 Å². The fourth-order valence-electron chi connectivity index (χ4n) is 3.14. The van der Waals surface area contributed by atoms with E-state index in [1.807, 2.05) is 25.3 Å². The maximum atomic E-state index is 9.25. The molecule has 0 saturated carbocycles. The van der Waals surface area contributed by atoms with Crippen molar-refractivity contribution in [2.75, 3.05) is 13.2 Å². The molecule has 4 nitrogen and oxygen atoms in total. The zero-order chi connectivity index (χ0) is 13.7. The molecule has 1 saturated heterocycles. The van der Waals surface area contributed by atoms with Gasteiger partial charge in [0.05, 0.1) is 11.7 Å². The number of piperidine rings is 1. The van der Waals surface area contributed by atoms with E-state index in [1.54, 1.807) is 0 Å². The van der Waals surface area contributed by atoms with E-state index < -0.39 is 0 Å². The molecule has 0 amide bonds. The van der Waals surface area contributed by atoms with Gasteiger partial charge in [0.25, 0.3) is 0 Å². The number of aromatic nitrogens is 1. The van der Waals surface area contributed by atoms with Gasteiger partial charge in [0.15, 0.2) is 0 Å². The second-order valence-corrected chi connectivity index (χ2v) is 5.46. The Balaban J connectivity index is 2.22. The van der Waals surface area contributed by atoms with Crippen molar-refractivity contribution in [1.29, 1.82) is 0 Å². The molecule has 1 aromatic rings. The Kier molecular flexibility index (Phi) is 5.31. The molecule has 1 aliphatic rings. The SMILES string of the molecule is CC(N)C(c1ccccn1)N1CCCCC1CCO. The summed E-state index contributed by atoms with van der Waals surface area (Å²) >= 11 is 0. The van der Waals surface area contributed by atoms with E-state index in [4.69, 9.17) is 5.73 Å². The smallest absolute Gasteiger partial charge is 0.0673 e. The van der Waals surface area contributed by atoms with Gasteiger partial charge in [-0.2, -0.15) is 0 Å². The first-order valence-electron chi connectivity index (χ1n) is 7.27. The molecule has 19 heavy (non-hydrogen) atoms. The number of hydrogen-bond donors (Lipinski definition) is 2. The van der Waals surface area contributed by atoms with Crippen LogP contribution in [0.25, 0.3) is 0 Å². The largest absolute Gasteiger partial charge is 0.396 e. The predicted molar refractivity (Wildman–Crippen MR) is 76.7 cm³/mol. The van der Waals surface area contributed by atoms with Gasteiger partial charge >= 0.3 is 0 Å². The lowest BCUT2D eigenvalue weighted by Crippen LogP contribution is -2.48. The molecule has 3 unspecified atom stereocenters. The Labute approximate surface area is 115 Å². The highest BCUT2D eigenvalue weighted by Gasteiger charge is 2.32. The maximum absolute atomic E-state index is 9.25. The number of nitrogens with two attached hydrogens (primary N) is 1. The first-order chi connectivity index (χ1) is 9.24. The van der Waals surface area contributed by atoms with Crippen LogP contribution >= 0.6 is 0 Å². The molecule has 3 atom stereocenters. The summed E-state index contributed by atoms with van der Waals surface area (Å²) in [7, 11) is 0. The van der Waals surface area contributed by atoms with E-state index in [0.717, 1.165) is 25.1 Å². The number of hydrogen-bond acceptors (Lipinski definition) is 4. The predicted octanol–water partition coefficient (Wildman–Crippen LogP) is 1.71. The van der Waals surface area contributed by atoms with Crippen LogP contribution < -0.4 is 5.73 Å². The fraction of sp³-hybridized carbons (Fsp3) is 0.667. The fourth-order valence-corrected chi connectivity index (χ4v) is 3.14. The molecule has 0 bridgehead atoms. The zero-order valence-electron chi connectivity index (χ0n) is 11.7. The van der Waals surface area contributed by atoms with Crippen LogP contribution in [-0.4, -0.2) is 40.2 Å². The molecule has 3 N–H and O–H groups in total. The molecule has 4 heteroatoms. The second kappa shape index (κ2) is 6.98. The second-order valence-electron chi connectivity index (χ2n) is 5.46. The molecule has 0 spiro atoms. The Bertz CT molecular complexity index is 367. The summed E-state index contributed by atoms with van der Waals surface area (Å²) in [6, 6.07) is 6.62. The minimum Gasteiger partial charge on any atom is -0.396 e. The minimum atomic E-state index is 0.0363. The van der Waals surface area contributed by atoms with Crippen LogP contribution in [0.4, 0.5) is 0 Å². The van der Waals surface area contributed by atoms with Crippen molar-refractivity contribution in [3.05, 3.63) is 30.1 Å². The summed E-state index contributed by atoms with van der Waals surface area (Å²) in [6.07, 6.45) is 6.26. The molecule has 2 rings (SSSR count). The van der Waals surface area contributed by atoms with Crippen molar-refractivity contribution in [3.8, 4) is 0 Å². The summed E-state index contributed by atoms with van der Waals surface area (Å²) in [4.78, 5) is 6.94. The molecule has 106 valence electrons. The number of aliphatic hydroxyl groups is 1. The highest BCUT2D eigenvalue weighted by molar-refractivity contribution is 5.12. The summed E-state index contributed by atoms with van der Waals surface area (Å²) in [5, 5.41) is 9.25. The highest BCUT2D eigenvalue weighted by Crippen LogP contribution is 2.30. The van der Waals surface area contributed by atoms with Crippen molar-refractivity contribution < 1.29 is 5.11 Å². The monoisotopic (exact) mass is 263 g/mol. The number of nitrogens with zero attached hydrogens (tertiary/aromatic N) is 2. The molecule has 2 heterocycles. The maximum Gasteiger partial charge on any atom is 0.0673 e. The van der Waals surface area contributed by atoms with Crippen molar-refractivity contribution in [3.63, 3.8) is 0 Å². The number of aliphatic hydroxyl groups excluding tert-OH is 1. The van der Waals surface area contributed by atoms with Crippen molar-refractivity contribution in [2.45, 2.75) is 50.7 Å². The summed E-state index contributed by atoms with van der Waals surface area (Å²) in [6.45, 7) is 3.34. The van der Waals surface area contributed by atoms with Gasteiger partial charge in [0, 0.05) is 24.9 Å². The van der Waals surface area contributed by atoms with Crippen LogP contribution in [0, 0.1) is 0 Å². The van der Waals surface area contributed by atoms with Crippen molar-refractivity contribution in [1.82, 2.24) is 9.88 Å². The Morgan fingerprint density at radius 2 is 2.32 bits per heavy atom. The first kappa shape index (κ1) is 14.4. The average molecular weight is 263 g/mol. The lowest BCUT2D eigenvalue weighted by atomic mass is 9.93. The van der Waals surface area contributed by atoms with Crippen LogP contribution in [-0.2, 0) is 0 Å². The molecule has 0 radical (unpaired) electrons. The first-order valence-corrected chi connectivity index (χ1v) is 7.27. The number of rotatable bonds is 5. The topological polar surface area (TPSA) is 62.4 Å². The zero-order valence-corrected chi connectivity index (χ0v) is 11.7. The molecule has 1 aliphatic heterocycles. The average Bonchev–Trinajstić information content (AvgIpc) is 2.42. The third-order valence-electron chi connectivity index (χ3n) is 3.98. The molecular weight excluding hydrogens is 238 g/mol. The van der Waals surface area contributed by atoms with Gasteiger partial charge in [0.2, 0.25) is 0 Å². The van der Waals surface area contributed by atoms with Crippen molar-refractivity contribution >= 4 is 0 Å². The van der Waals surface area contributed by atoms with Gasteiger partial charge in [-0.3, -0.25) is 9.88 Å². The van der Waals surface area contributed by atoms with Gasteiger partial charge in [-0.15, -0.1) is 0 Å². The van der Waals surface area contributed by atoms with Crippen LogP contribution in [0.5, 0.6) is 0 Å². The van der Waals surface area contributed by atoms with E-state index in [0.29, 0.717) is 6.04 Å². The standard InChI is InChI=1S/C15H25N3O/c1-12(16)15(14-7-2-4-9-17-14)18-10-5-3-6-13(18)8-11-19/h2,4,7,9,12-13,15,19H,3,5-6,8,10-11,16H2,1H3. The van der Waals surface area contributed by atoms with E-state index in [9.17, 15) is 5.11 Å². The Hall–Kier alpha value is -0.970. The van der Waals surface area contributed by atoms with Gasteiger partial charge in [-0.05, 0) is 44.9 Å². The molecule has 1 aromatic heterocycles. The lowest BCUT2D eigenvalue weighted by Gasteiger charge is -2.42. The quantitative estimate of drug-likeness (QED) is 0.849. The molecule has 1 fully saturated rings. The van der Waals surface area contributed by atoms with Crippen LogP contribution in [0.1, 0.15) is 44.3 Å². The molecule has 0 aromatic carbocycles. The normalized spacial score (nSPS) is 24.1. The van der Waals surface area contributed by atoms with E-state index >= 15 is 0 Å². The van der Waals surface area contributed by atoms with Gasteiger partial charge in [0.1, 0.15) is 0 Å². The van der Waals surface area contributed by atoms with Gasteiger partial charge < -0.3 is 10.8 Å². The highest BCUT2D eigenvalue weighted by atomic mass is 16.3.